The Bertz CT molecular complexity index is 1220. The highest BCUT2D eigenvalue weighted by Crippen LogP contribution is 2.21. The number of rotatable bonds is 9. The Morgan fingerprint density at radius 3 is 2.62 bits per heavy atom. The number of esters is 1. The molecule has 9 heteroatoms. The van der Waals surface area contributed by atoms with Crippen LogP contribution in [0.3, 0.4) is 0 Å². The summed E-state index contributed by atoms with van der Waals surface area (Å²) < 4.78 is 5.16. The van der Waals surface area contributed by atoms with Gasteiger partial charge in [-0.2, -0.15) is 0 Å². The summed E-state index contributed by atoms with van der Waals surface area (Å²) in [6, 6.07) is 12.6. The fourth-order valence-electron chi connectivity index (χ4n) is 3.81. The highest BCUT2D eigenvalue weighted by Gasteiger charge is 2.39. The number of para-hydroxylation sites is 1. The second-order valence-electron chi connectivity index (χ2n) is 8.11. The van der Waals surface area contributed by atoms with Crippen molar-refractivity contribution in [3.63, 3.8) is 0 Å². The van der Waals surface area contributed by atoms with E-state index >= 15 is 0 Å². The lowest BCUT2D eigenvalue weighted by atomic mass is 10.1. The Morgan fingerprint density at radius 2 is 1.85 bits per heavy atom. The van der Waals surface area contributed by atoms with Gasteiger partial charge in [-0.05, 0) is 42.3 Å². The van der Waals surface area contributed by atoms with Crippen molar-refractivity contribution in [2.45, 2.75) is 32.2 Å². The van der Waals surface area contributed by atoms with Crippen LogP contribution in [0.5, 0.6) is 0 Å². The Kier molecular flexibility index (Phi) is 6.91. The molecule has 3 N–H and O–H groups in total. The molecule has 1 saturated heterocycles. The molecule has 0 spiro atoms. The van der Waals surface area contributed by atoms with Gasteiger partial charge < -0.3 is 20.4 Å². The summed E-state index contributed by atoms with van der Waals surface area (Å²) in [7, 11) is 0. The number of carbonyl (C=O) groups is 4. The number of carbonyl (C=O) groups excluding carboxylic acids is 4. The van der Waals surface area contributed by atoms with Gasteiger partial charge in [0.1, 0.15) is 12.6 Å². The van der Waals surface area contributed by atoms with Crippen molar-refractivity contribution < 1.29 is 23.9 Å². The predicted octanol–water partition coefficient (Wildman–Crippen LogP) is 3.23. The summed E-state index contributed by atoms with van der Waals surface area (Å²) in [6.07, 6.45) is 3.87. The van der Waals surface area contributed by atoms with Crippen LogP contribution >= 0.6 is 0 Å². The first-order valence-electron chi connectivity index (χ1n) is 11.2. The Hall–Kier alpha value is -4.14. The molecule has 9 nitrogen and oxygen atoms in total. The number of anilines is 1. The van der Waals surface area contributed by atoms with Gasteiger partial charge in [0.25, 0.3) is 5.91 Å². The first-order chi connectivity index (χ1) is 16.5. The molecule has 0 bridgehead atoms. The van der Waals surface area contributed by atoms with Crippen molar-refractivity contribution in [1.82, 2.24) is 15.2 Å². The minimum atomic E-state index is -0.738. The zero-order valence-electron chi connectivity index (χ0n) is 18.8. The minimum Gasteiger partial charge on any atom is -0.462 e. The Morgan fingerprint density at radius 1 is 1.09 bits per heavy atom. The van der Waals surface area contributed by atoms with Crippen LogP contribution in [0.4, 0.5) is 10.5 Å². The number of nitrogens with zero attached hydrogens (tertiary/aromatic N) is 1. The summed E-state index contributed by atoms with van der Waals surface area (Å²) >= 11 is 0. The van der Waals surface area contributed by atoms with E-state index in [9.17, 15) is 19.2 Å². The van der Waals surface area contributed by atoms with Gasteiger partial charge in [0.05, 0.1) is 12.2 Å². The summed E-state index contributed by atoms with van der Waals surface area (Å²) in [5.74, 6) is -1.39. The minimum absolute atomic E-state index is 0.322. The fourth-order valence-corrected chi connectivity index (χ4v) is 3.81. The number of fused-ring (bicyclic) bond motifs is 1. The molecule has 1 unspecified atom stereocenters. The second kappa shape index (κ2) is 10.2. The lowest BCUT2D eigenvalue weighted by Crippen LogP contribution is -2.38. The maximum Gasteiger partial charge on any atom is 0.338 e. The van der Waals surface area contributed by atoms with E-state index in [1.165, 1.54) is 0 Å². The van der Waals surface area contributed by atoms with Gasteiger partial charge in [0.2, 0.25) is 5.91 Å². The van der Waals surface area contributed by atoms with Gasteiger partial charge in [-0.25, -0.2) is 9.59 Å². The molecular formula is C25H26N4O5. The van der Waals surface area contributed by atoms with Crippen molar-refractivity contribution in [3.05, 3.63) is 65.9 Å². The van der Waals surface area contributed by atoms with Crippen LogP contribution in [0.2, 0.25) is 0 Å². The van der Waals surface area contributed by atoms with E-state index in [2.05, 4.69) is 15.6 Å². The number of unbranched alkanes of at least 4 members (excludes halogenated alkanes) is 1. The van der Waals surface area contributed by atoms with Crippen LogP contribution < -0.4 is 10.6 Å². The van der Waals surface area contributed by atoms with Crippen molar-refractivity contribution >= 4 is 40.4 Å². The number of hydrogen-bond acceptors (Lipinski definition) is 5. The summed E-state index contributed by atoms with van der Waals surface area (Å²) in [5, 5.41) is 6.29. The van der Waals surface area contributed by atoms with E-state index in [0.29, 0.717) is 24.3 Å². The lowest BCUT2D eigenvalue weighted by Gasteiger charge is -2.13. The molecule has 3 aromatic rings. The number of benzene rings is 2. The molecule has 1 aromatic heterocycles. The summed E-state index contributed by atoms with van der Waals surface area (Å²) in [6.45, 7) is 1.96. The van der Waals surface area contributed by atoms with E-state index in [0.717, 1.165) is 34.2 Å². The fraction of sp³-hybridized carbons (Fsp3) is 0.280. The summed E-state index contributed by atoms with van der Waals surface area (Å²) in [4.78, 5) is 53.7. The Balaban J connectivity index is 1.32. The van der Waals surface area contributed by atoms with Crippen molar-refractivity contribution in [1.29, 1.82) is 0 Å². The average molecular weight is 463 g/mol. The topological polar surface area (TPSA) is 121 Å². The van der Waals surface area contributed by atoms with Crippen molar-refractivity contribution in [3.8, 4) is 0 Å². The molecule has 0 radical (unpaired) electrons. The maximum absolute atomic E-state index is 12.8. The summed E-state index contributed by atoms with van der Waals surface area (Å²) in [5.41, 5.74) is 2.68. The van der Waals surface area contributed by atoms with E-state index < -0.39 is 36.4 Å². The number of hydrogen-bond donors (Lipinski definition) is 3. The zero-order valence-corrected chi connectivity index (χ0v) is 18.8. The number of imide groups is 1. The van der Waals surface area contributed by atoms with Gasteiger partial charge in [-0.3, -0.25) is 14.5 Å². The molecule has 2 aromatic carbocycles. The van der Waals surface area contributed by atoms with Crippen molar-refractivity contribution in [2.75, 3.05) is 18.5 Å². The molecule has 2 heterocycles. The molecule has 4 amide bonds. The normalized spacial score (nSPS) is 15.4. The molecule has 0 aliphatic carbocycles. The van der Waals surface area contributed by atoms with Gasteiger partial charge in [0, 0.05) is 29.2 Å². The monoisotopic (exact) mass is 462 g/mol. The van der Waals surface area contributed by atoms with E-state index in [4.69, 9.17) is 4.74 Å². The van der Waals surface area contributed by atoms with Crippen LogP contribution in [0, 0.1) is 0 Å². The smallest absolute Gasteiger partial charge is 0.338 e. The number of aromatic nitrogens is 1. The van der Waals surface area contributed by atoms with Gasteiger partial charge in [0.15, 0.2) is 0 Å². The third-order valence-electron chi connectivity index (χ3n) is 5.64. The number of nitrogens with one attached hydrogen (secondary N) is 3. The molecule has 4 rings (SSSR count). The number of urea groups is 1. The van der Waals surface area contributed by atoms with E-state index in [-0.39, 0.29) is 0 Å². The lowest BCUT2D eigenvalue weighted by molar-refractivity contribution is -0.130. The molecule has 1 fully saturated rings. The third kappa shape index (κ3) is 5.09. The van der Waals surface area contributed by atoms with Gasteiger partial charge >= 0.3 is 12.0 Å². The number of ether oxygens (including phenoxy) is 1. The highest BCUT2D eigenvalue weighted by atomic mass is 16.5. The maximum atomic E-state index is 12.8. The molecule has 176 valence electrons. The molecule has 1 atom stereocenters. The van der Waals surface area contributed by atoms with Crippen LogP contribution in [0.1, 0.15) is 35.7 Å². The first kappa shape index (κ1) is 23.0. The van der Waals surface area contributed by atoms with E-state index in [1.807, 2.05) is 37.4 Å². The van der Waals surface area contributed by atoms with Crippen LogP contribution in [-0.2, 0) is 20.7 Å². The number of aromatic amines is 1. The number of amides is 4. The first-order valence-corrected chi connectivity index (χ1v) is 11.2. The van der Waals surface area contributed by atoms with Crippen LogP contribution in [0.25, 0.3) is 10.9 Å². The molecule has 1 aliphatic heterocycles. The molecular weight excluding hydrogens is 436 g/mol. The van der Waals surface area contributed by atoms with E-state index in [1.54, 1.807) is 24.3 Å². The van der Waals surface area contributed by atoms with Crippen LogP contribution in [-0.4, -0.2) is 52.9 Å². The SMILES string of the molecule is CCCCOC(=O)c1ccc(NC(=O)CN2C(=O)NC(Cc3c[nH]c4ccccc34)C2=O)cc1. The largest absolute Gasteiger partial charge is 0.462 e. The predicted molar refractivity (Wildman–Crippen MR) is 126 cm³/mol. The van der Waals surface area contributed by atoms with Crippen molar-refractivity contribution in [2.24, 2.45) is 0 Å². The molecule has 1 aliphatic rings. The average Bonchev–Trinajstić information content (AvgIpc) is 3.36. The quantitative estimate of drug-likeness (QED) is 0.256. The van der Waals surface area contributed by atoms with Crippen LogP contribution in [0.15, 0.2) is 54.7 Å². The second-order valence-corrected chi connectivity index (χ2v) is 8.11. The Labute approximate surface area is 196 Å². The standard InChI is InChI=1S/C25H26N4O5/c1-2-3-12-34-24(32)16-8-10-18(11-9-16)27-22(30)15-29-23(31)21(28-25(29)33)13-17-14-26-20-7-5-4-6-19(17)20/h4-11,14,21,26H,2-3,12-13,15H2,1H3,(H,27,30)(H,28,33). The highest BCUT2D eigenvalue weighted by molar-refractivity contribution is 6.08. The zero-order chi connectivity index (χ0) is 24.1. The number of H-pyrrole nitrogens is 1. The van der Waals surface area contributed by atoms with Gasteiger partial charge in [-0.1, -0.05) is 31.5 Å². The van der Waals surface area contributed by atoms with Gasteiger partial charge in [-0.15, -0.1) is 0 Å². The molecule has 0 saturated carbocycles. The molecule has 34 heavy (non-hydrogen) atoms. The third-order valence-corrected chi connectivity index (χ3v) is 5.64.